The third-order valence-corrected chi connectivity index (χ3v) is 2.57. The lowest BCUT2D eigenvalue weighted by Gasteiger charge is -2.11. The summed E-state index contributed by atoms with van der Waals surface area (Å²) >= 11 is 0. The first-order valence-electron chi connectivity index (χ1n) is 5.05. The summed E-state index contributed by atoms with van der Waals surface area (Å²) in [5.41, 5.74) is 2.76. The van der Waals surface area contributed by atoms with Gasteiger partial charge in [0.1, 0.15) is 0 Å². The first-order chi connectivity index (χ1) is 7.07. The van der Waals surface area contributed by atoms with E-state index in [1.807, 2.05) is 38.1 Å². The zero-order valence-corrected chi connectivity index (χ0v) is 9.37. The Kier molecular flexibility index (Phi) is 3.62. The summed E-state index contributed by atoms with van der Waals surface area (Å²) < 4.78 is 0. The molecule has 0 saturated heterocycles. The van der Waals surface area contributed by atoms with Crippen LogP contribution >= 0.6 is 0 Å². The highest BCUT2D eigenvalue weighted by Crippen LogP contribution is 2.19. The van der Waals surface area contributed by atoms with E-state index in [1.165, 1.54) is 0 Å². The number of carbonyl (C=O) groups is 1. The molecule has 2 nitrogen and oxygen atoms in total. The number of carbonyl (C=O) groups excluding carboxylic acids is 1. The SMILES string of the molecule is Cc1cccc(C)c1C(=O)C(C)CC#N. The highest BCUT2D eigenvalue weighted by atomic mass is 16.1. The standard InChI is InChI=1S/C13H15NO/c1-9-5-4-6-10(2)12(9)13(15)11(3)7-8-14/h4-6,11H,7H2,1-3H3. The first kappa shape index (κ1) is 11.5. The summed E-state index contributed by atoms with van der Waals surface area (Å²) in [4.78, 5) is 12.0. The van der Waals surface area contributed by atoms with Crippen molar-refractivity contribution in [3.8, 4) is 6.07 Å². The van der Waals surface area contributed by atoms with Gasteiger partial charge in [-0.25, -0.2) is 0 Å². The molecule has 1 atom stereocenters. The fourth-order valence-electron chi connectivity index (χ4n) is 1.68. The van der Waals surface area contributed by atoms with Crippen LogP contribution in [0.3, 0.4) is 0 Å². The minimum atomic E-state index is -0.213. The van der Waals surface area contributed by atoms with Crippen LogP contribution in [-0.4, -0.2) is 5.78 Å². The van der Waals surface area contributed by atoms with Gasteiger partial charge in [0.25, 0.3) is 0 Å². The van der Waals surface area contributed by atoms with Crippen LogP contribution in [0.5, 0.6) is 0 Å². The zero-order chi connectivity index (χ0) is 11.4. The van der Waals surface area contributed by atoms with Crippen molar-refractivity contribution in [3.63, 3.8) is 0 Å². The van der Waals surface area contributed by atoms with Crippen molar-refractivity contribution >= 4 is 5.78 Å². The minimum absolute atomic E-state index is 0.0761. The number of aryl methyl sites for hydroxylation is 2. The van der Waals surface area contributed by atoms with Gasteiger partial charge in [0.2, 0.25) is 0 Å². The van der Waals surface area contributed by atoms with Gasteiger partial charge in [-0.05, 0) is 25.0 Å². The smallest absolute Gasteiger partial charge is 0.167 e. The molecule has 15 heavy (non-hydrogen) atoms. The van der Waals surface area contributed by atoms with Crippen LogP contribution in [0.4, 0.5) is 0 Å². The number of ketones is 1. The minimum Gasteiger partial charge on any atom is -0.294 e. The molecule has 0 fully saturated rings. The molecule has 2 heteroatoms. The Morgan fingerprint density at radius 2 is 1.93 bits per heavy atom. The molecule has 0 radical (unpaired) electrons. The van der Waals surface area contributed by atoms with E-state index in [0.29, 0.717) is 0 Å². The highest BCUT2D eigenvalue weighted by molar-refractivity contribution is 6.00. The van der Waals surface area contributed by atoms with Gasteiger partial charge >= 0.3 is 0 Å². The molecule has 0 aliphatic rings. The lowest BCUT2D eigenvalue weighted by Crippen LogP contribution is -2.13. The van der Waals surface area contributed by atoms with Gasteiger partial charge in [0.05, 0.1) is 6.07 Å². The normalized spacial score (nSPS) is 11.9. The van der Waals surface area contributed by atoms with Gasteiger partial charge in [0.15, 0.2) is 5.78 Å². The Morgan fingerprint density at radius 3 is 2.40 bits per heavy atom. The van der Waals surface area contributed by atoms with Gasteiger partial charge in [-0.2, -0.15) is 5.26 Å². The first-order valence-corrected chi connectivity index (χ1v) is 5.05. The Hall–Kier alpha value is -1.62. The average Bonchev–Trinajstić information content (AvgIpc) is 2.17. The van der Waals surface area contributed by atoms with Crippen molar-refractivity contribution < 1.29 is 4.79 Å². The number of Topliss-reactive ketones (excluding diaryl/α,β-unsaturated/α-hetero) is 1. The maximum Gasteiger partial charge on any atom is 0.167 e. The fourth-order valence-corrected chi connectivity index (χ4v) is 1.68. The maximum atomic E-state index is 12.0. The van der Waals surface area contributed by atoms with E-state index in [9.17, 15) is 4.79 Å². The average molecular weight is 201 g/mol. The van der Waals surface area contributed by atoms with Gasteiger partial charge in [-0.1, -0.05) is 25.1 Å². The van der Waals surface area contributed by atoms with E-state index in [4.69, 9.17) is 5.26 Å². The lowest BCUT2D eigenvalue weighted by atomic mass is 9.91. The number of nitriles is 1. The molecule has 1 aromatic rings. The summed E-state index contributed by atoms with van der Waals surface area (Å²) in [6, 6.07) is 7.84. The van der Waals surface area contributed by atoms with E-state index >= 15 is 0 Å². The Balaban J connectivity index is 3.07. The number of rotatable bonds is 3. The van der Waals surface area contributed by atoms with E-state index in [-0.39, 0.29) is 18.1 Å². The number of hydrogen-bond acceptors (Lipinski definition) is 2. The number of hydrogen-bond donors (Lipinski definition) is 0. The summed E-state index contributed by atoms with van der Waals surface area (Å²) in [5, 5.41) is 8.57. The van der Waals surface area contributed by atoms with Crippen LogP contribution < -0.4 is 0 Å². The van der Waals surface area contributed by atoms with Crippen molar-refractivity contribution in [2.24, 2.45) is 5.92 Å². The molecule has 78 valence electrons. The summed E-state index contributed by atoms with van der Waals surface area (Å²) in [6.45, 7) is 5.66. The molecule has 1 aromatic carbocycles. The zero-order valence-electron chi connectivity index (χ0n) is 9.37. The lowest BCUT2D eigenvalue weighted by molar-refractivity contribution is 0.0930. The Labute approximate surface area is 90.5 Å². The molecule has 0 spiro atoms. The van der Waals surface area contributed by atoms with Gasteiger partial charge in [-0.3, -0.25) is 4.79 Å². The molecule has 0 saturated carbocycles. The molecule has 0 aliphatic carbocycles. The van der Waals surface area contributed by atoms with E-state index in [1.54, 1.807) is 6.92 Å². The van der Waals surface area contributed by atoms with Crippen LogP contribution in [0.1, 0.15) is 34.8 Å². The molecule has 0 bridgehead atoms. The number of nitrogens with zero attached hydrogens (tertiary/aromatic N) is 1. The Bertz CT molecular complexity index is 395. The van der Waals surface area contributed by atoms with Crippen LogP contribution in [-0.2, 0) is 0 Å². The molecule has 0 aromatic heterocycles. The molecule has 0 aliphatic heterocycles. The summed E-state index contributed by atoms with van der Waals surface area (Å²) in [6.07, 6.45) is 0.284. The van der Waals surface area contributed by atoms with E-state index in [0.717, 1.165) is 16.7 Å². The van der Waals surface area contributed by atoms with Crippen LogP contribution in [0, 0.1) is 31.1 Å². The molecular weight excluding hydrogens is 186 g/mol. The molecule has 1 unspecified atom stereocenters. The third kappa shape index (κ3) is 2.44. The monoisotopic (exact) mass is 201 g/mol. The second-order valence-corrected chi connectivity index (χ2v) is 3.89. The van der Waals surface area contributed by atoms with Crippen LogP contribution in [0.25, 0.3) is 0 Å². The fraction of sp³-hybridized carbons (Fsp3) is 0.385. The quantitative estimate of drug-likeness (QED) is 0.705. The van der Waals surface area contributed by atoms with E-state index in [2.05, 4.69) is 0 Å². The topological polar surface area (TPSA) is 40.9 Å². The van der Waals surface area contributed by atoms with Gasteiger partial charge in [-0.15, -0.1) is 0 Å². The summed E-state index contributed by atoms with van der Waals surface area (Å²) in [5.74, 6) is -0.137. The van der Waals surface area contributed by atoms with E-state index < -0.39 is 0 Å². The van der Waals surface area contributed by atoms with Gasteiger partial charge < -0.3 is 0 Å². The molecular formula is C13H15NO. The van der Waals surface area contributed by atoms with Crippen molar-refractivity contribution in [2.75, 3.05) is 0 Å². The highest BCUT2D eigenvalue weighted by Gasteiger charge is 2.18. The molecule has 1 rings (SSSR count). The maximum absolute atomic E-state index is 12.0. The third-order valence-electron chi connectivity index (χ3n) is 2.57. The largest absolute Gasteiger partial charge is 0.294 e. The van der Waals surface area contributed by atoms with Crippen molar-refractivity contribution in [3.05, 3.63) is 34.9 Å². The Morgan fingerprint density at radius 1 is 1.40 bits per heavy atom. The molecule has 0 amide bonds. The second kappa shape index (κ2) is 4.75. The van der Waals surface area contributed by atoms with Crippen molar-refractivity contribution in [1.29, 1.82) is 5.26 Å². The summed E-state index contributed by atoms with van der Waals surface area (Å²) in [7, 11) is 0. The number of benzene rings is 1. The van der Waals surface area contributed by atoms with Crippen LogP contribution in [0.2, 0.25) is 0 Å². The molecule has 0 N–H and O–H groups in total. The van der Waals surface area contributed by atoms with Crippen molar-refractivity contribution in [1.82, 2.24) is 0 Å². The van der Waals surface area contributed by atoms with Gasteiger partial charge in [0, 0.05) is 17.9 Å². The second-order valence-electron chi connectivity index (χ2n) is 3.89. The van der Waals surface area contributed by atoms with Crippen LogP contribution in [0.15, 0.2) is 18.2 Å². The predicted octanol–water partition coefficient (Wildman–Crippen LogP) is 3.04. The van der Waals surface area contributed by atoms with Crippen molar-refractivity contribution in [2.45, 2.75) is 27.2 Å². The molecule has 0 heterocycles. The predicted molar refractivity (Wildman–Crippen MR) is 59.6 cm³/mol.